The largest absolute Gasteiger partial charge is 0.357 e. The summed E-state index contributed by atoms with van der Waals surface area (Å²) >= 11 is 0. The van der Waals surface area contributed by atoms with Crippen LogP contribution in [0.15, 0.2) is 12.1 Å². The fourth-order valence-corrected chi connectivity index (χ4v) is 2.37. The molecule has 1 aromatic rings. The van der Waals surface area contributed by atoms with Crippen molar-refractivity contribution in [2.75, 3.05) is 24.5 Å². The zero-order valence-corrected chi connectivity index (χ0v) is 13.9. The zero-order chi connectivity index (χ0) is 15.0. The van der Waals surface area contributed by atoms with Crippen LogP contribution in [0.1, 0.15) is 51.8 Å². The number of hydrogen-bond acceptors (Lipinski definition) is 3. The van der Waals surface area contributed by atoms with Crippen molar-refractivity contribution < 1.29 is 0 Å². The van der Waals surface area contributed by atoms with E-state index < -0.39 is 0 Å². The maximum Gasteiger partial charge on any atom is 0.129 e. The van der Waals surface area contributed by atoms with Gasteiger partial charge < -0.3 is 10.2 Å². The molecule has 0 saturated carbocycles. The first-order valence-corrected chi connectivity index (χ1v) is 8.00. The predicted molar refractivity (Wildman–Crippen MR) is 88.3 cm³/mol. The van der Waals surface area contributed by atoms with E-state index in [4.69, 9.17) is 4.98 Å². The molecule has 0 aromatic carbocycles. The molecule has 20 heavy (non-hydrogen) atoms. The molecule has 0 spiro atoms. The lowest BCUT2D eigenvalue weighted by molar-refractivity contribution is 0.552. The van der Waals surface area contributed by atoms with E-state index in [9.17, 15) is 0 Å². The van der Waals surface area contributed by atoms with Crippen LogP contribution < -0.4 is 10.2 Å². The van der Waals surface area contributed by atoms with Crippen LogP contribution in [-0.2, 0) is 6.54 Å². The Morgan fingerprint density at radius 3 is 2.35 bits per heavy atom. The van der Waals surface area contributed by atoms with Gasteiger partial charge in [-0.05, 0) is 49.9 Å². The lowest BCUT2D eigenvalue weighted by Crippen LogP contribution is -2.26. The Hall–Kier alpha value is -1.09. The molecule has 0 bridgehead atoms. The quantitative estimate of drug-likeness (QED) is 0.745. The van der Waals surface area contributed by atoms with E-state index in [1.54, 1.807) is 0 Å². The fourth-order valence-electron chi connectivity index (χ4n) is 2.37. The average Bonchev–Trinajstić information content (AvgIpc) is 2.37. The summed E-state index contributed by atoms with van der Waals surface area (Å²) in [5.74, 6) is 1.82. The molecular weight excluding hydrogens is 246 g/mol. The van der Waals surface area contributed by atoms with E-state index >= 15 is 0 Å². The number of anilines is 1. The molecule has 1 rings (SSSR count). The van der Waals surface area contributed by atoms with Gasteiger partial charge in [-0.1, -0.05) is 27.7 Å². The molecule has 0 atom stereocenters. The molecule has 0 aliphatic heterocycles. The molecule has 0 saturated heterocycles. The minimum atomic E-state index is 0.689. The molecule has 3 nitrogen and oxygen atoms in total. The first kappa shape index (κ1) is 17.0. The summed E-state index contributed by atoms with van der Waals surface area (Å²) in [6.07, 6.45) is 2.33. The Balaban J connectivity index is 2.77. The number of aromatic nitrogens is 1. The van der Waals surface area contributed by atoms with Gasteiger partial charge in [0.25, 0.3) is 0 Å². The summed E-state index contributed by atoms with van der Waals surface area (Å²) in [6.45, 7) is 15.2. The number of nitrogens with one attached hydrogen (secondary N) is 1. The second kappa shape index (κ2) is 8.96. The van der Waals surface area contributed by atoms with Crippen LogP contribution in [-0.4, -0.2) is 24.6 Å². The summed E-state index contributed by atoms with van der Waals surface area (Å²) in [6, 6.07) is 4.43. The smallest absolute Gasteiger partial charge is 0.129 e. The minimum Gasteiger partial charge on any atom is -0.357 e. The van der Waals surface area contributed by atoms with E-state index in [1.165, 1.54) is 5.56 Å². The SMILES string of the molecule is CCCN(CCC)c1cc(CNCC(C)C)cc(C)n1. The van der Waals surface area contributed by atoms with Gasteiger partial charge in [-0.25, -0.2) is 4.98 Å². The van der Waals surface area contributed by atoms with Gasteiger partial charge >= 0.3 is 0 Å². The molecule has 0 unspecified atom stereocenters. The molecule has 0 fully saturated rings. The third-order valence-electron chi connectivity index (χ3n) is 3.19. The minimum absolute atomic E-state index is 0.689. The normalized spacial score (nSPS) is 11.1. The number of aryl methyl sites for hydroxylation is 1. The van der Waals surface area contributed by atoms with Gasteiger partial charge in [-0.2, -0.15) is 0 Å². The number of hydrogen-bond donors (Lipinski definition) is 1. The highest BCUT2D eigenvalue weighted by Crippen LogP contribution is 2.16. The van der Waals surface area contributed by atoms with Crippen LogP contribution in [0.2, 0.25) is 0 Å². The highest BCUT2D eigenvalue weighted by molar-refractivity contribution is 5.42. The second-order valence-electron chi connectivity index (χ2n) is 5.99. The van der Waals surface area contributed by atoms with Crippen molar-refractivity contribution in [1.29, 1.82) is 0 Å². The summed E-state index contributed by atoms with van der Waals surface area (Å²) in [4.78, 5) is 7.11. The third kappa shape index (κ3) is 5.91. The molecule has 1 aromatic heterocycles. The lowest BCUT2D eigenvalue weighted by Gasteiger charge is -2.23. The van der Waals surface area contributed by atoms with Crippen LogP contribution in [0, 0.1) is 12.8 Å². The fraction of sp³-hybridized carbons (Fsp3) is 0.706. The van der Waals surface area contributed by atoms with Gasteiger partial charge in [-0.15, -0.1) is 0 Å². The second-order valence-corrected chi connectivity index (χ2v) is 5.99. The molecule has 1 heterocycles. The highest BCUT2D eigenvalue weighted by Gasteiger charge is 2.08. The Bertz CT molecular complexity index is 382. The molecule has 3 heteroatoms. The van der Waals surface area contributed by atoms with Gasteiger partial charge in [0.2, 0.25) is 0 Å². The van der Waals surface area contributed by atoms with E-state index in [0.29, 0.717) is 5.92 Å². The summed E-state index contributed by atoms with van der Waals surface area (Å²) in [5.41, 5.74) is 2.45. The summed E-state index contributed by atoms with van der Waals surface area (Å²) < 4.78 is 0. The van der Waals surface area contributed by atoms with Crippen molar-refractivity contribution in [3.63, 3.8) is 0 Å². The summed E-state index contributed by atoms with van der Waals surface area (Å²) in [7, 11) is 0. The van der Waals surface area contributed by atoms with Gasteiger partial charge in [0, 0.05) is 25.3 Å². The van der Waals surface area contributed by atoms with Crippen LogP contribution >= 0.6 is 0 Å². The number of pyridine rings is 1. The predicted octanol–water partition coefficient (Wildman–Crippen LogP) is 3.76. The maximum absolute atomic E-state index is 4.71. The van der Waals surface area contributed by atoms with E-state index in [1.807, 2.05) is 0 Å². The standard InChI is InChI=1S/C17H31N3/c1-6-8-20(9-7-2)17-11-16(10-15(5)19-17)13-18-12-14(3)4/h10-11,14,18H,6-9,12-13H2,1-5H3. The first-order valence-electron chi connectivity index (χ1n) is 8.00. The number of nitrogens with zero attached hydrogens (tertiary/aromatic N) is 2. The van der Waals surface area contributed by atoms with Crippen LogP contribution in [0.5, 0.6) is 0 Å². The highest BCUT2D eigenvalue weighted by atomic mass is 15.2. The van der Waals surface area contributed by atoms with E-state index in [0.717, 1.165) is 50.5 Å². The van der Waals surface area contributed by atoms with Gasteiger partial charge in [0.15, 0.2) is 0 Å². The topological polar surface area (TPSA) is 28.2 Å². The van der Waals surface area contributed by atoms with E-state index in [-0.39, 0.29) is 0 Å². The third-order valence-corrected chi connectivity index (χ3v) is 3.19. The number of rotatable bonds is 9. The molecule has 0 aliphatic rings. The van der Waals surface area contributed by atoms with Gasteiger partial charge in [0.1, 0.15) is 5.82 Å². The average molecular weight is 277 g/mol. The Morgan fingerprint density at radius 1 is 1.15 bits per heavy atom. The summed E-state index contributed by atoms with van der Waals surface area (Å²) in [5, 5.41) is 3.51. The molecule has 0 aliphatic carbocycles. The Kier molecular flexibility index (Phi) is 7.60. The van der Waals surface area contributed by atoms with Crippen molar-refractivity contribution in [2.45, 2.75) is 54.0 Å². The van der Waals surface area contributed by atoms with Crippen LogP contribution in [0.3, 0.4) is 0 Å². The lowest BCUT2D eigenvalue weighted by atomic mass is 10.2. The molecular formula is C17H31N3. The van der Waals surface area contributed by atoms with Crippen molar-refractivity contribution in [3.8, 4) is 0 Å². The Labute approximate surface area is 124 Å². The molecule has 114 valence electrons. The van der Waals surface area contributed by atoms with Crippen molar-refractivity contribution in [3.05, 3.63) is 23.4 Å². The van der Waals surface area contributed by atoms with Crippen LogP contribution in [0.4, 0.5) is 5.82 Å². The monoisotopic (exact) mass is 277 g/mol. The van der Waals surface area contributed by atoms with Crippen LogP contribution in [0.25, 0.3) is 0 Å². The molecule has 0 amide bonds. The zero-order valence-electron chi connectivity index (χ0n) is 13.9. The Morgan fingerprint density at radius 2 is 1.80 bits per heavy atom. The van der Waals surface area contributed by atoms with Gasteiger partial charge in [0.05, 0.1) is 0 Å². The molecule has 0 radical (unpaired) electrons. The van der Waals surface area contributed by atoms with Gasteiger partial charge in [-0.3, -0.25) is 0 Å². The van der Waals surface area contributed by atoms with Crippen molar-refractivity contribution in [1.82, 2.24) is 10.3 Å². The first-order chi connectivity index (χ1) is 9.56. The molecule has 1 N–H and O–H groups in total. The maximum atomic E-state index is 4.71. The van der Waals surface area contributed by atoms with Crippen molar-refractivity contribution in [2.24, 2.45) is 5.92 Å². The van der Waals surface area contributed by atoms with Crippen molar-refractivity contribution >= 4 is 5.82 Å². The van der Waals surface area contributed by atoms with E-state index in [2.05, 4.69) is 57.0 Å².